The first-order valence-electron chi connectivity index (χ1n) is 12.4. The number of anilines is 1. The molecule has 0 aliphatic heterocycles. The van der Waals surface area contributed by atoms with Crippen LogP contribution in [0.1, 0.15) is 59.6 Å². The van der Waals surface area contributed by atoms with Crippen molar-refractivity contribution in [3.05, 3.63) is 107 Å². The second kappa shape index (κ2) is 10.6. The van der Waals surface area contributed by atoms with Crippen LogP contribution in [0.5, 0.6) is 5.75 Å². The SMILES string of the molecule is CC(=O)Nc1ccc(SCc2c(O[C@@](C)(c3ccccc3)c3ncc[nH]3)ccc3c2CCCC3=O)cc1. The second-order valence-corrected chi connectivity index (χ2v) is 10.3. The number of Topliss-reactive ketones (excluding diaryl/α,β-unsaturated/α-hetero) is 1. The van der Waals surface area contributed by atoms with Gasteiger partial charge in [-0.15, -0.1) is 11.8 Å². The van der Waals surface area contributed by atoms with Crippen molar-refractivity contribution in [3.63, 3.8) is 0 Å². The van der Waals surface area contributed by atoms with Crippen molar-refractivity contribution in [1.82, 2.24) is 9.97 Å². The number of aromatic amines is 1. The molecular weight excluding hydrogens is 482 g/mol. The lowest BCUT2D eigenvalue weighted by Crippen LogP contribution is -2.33. The number of rotatable bonds is 8. The highest BCUT2D eigenvalue weighted by molar-refractivity contribution is 7.98. The number of benzene rings is 3. The first-order valence-corrected chi connectivity index (χ1v) is 13.4. The van der Waals surface area contributed by atoms with E-state index in [-0.39, 0.29) is 11.7 Å². The van der Waals surface area contributed by atoms with Crippen molar-refractivity contribution >= 4 is 29.1 Å². The highest BCUT2D eigenvalue weighted by Crippen LogP contribution is 2.40. The number of nitrogens with zero attached hydrogens (tertiary/aromatic N) is 1. The zero-order chi connectivity index (χ0) is 25.8. The number of carbonyl (C=O) groups is 2. The molecule has 1 aliphatic rings. The molecule has 2 N–H and O–H groups in total. The van der Waals surface area contributed by atoms with Crippen LogP contribution in [0.3, 0.4) is 0 Å². The van der Waals surface area contributed by atoms with Gasteiger partial charge in [-0.2, -0.15) is 0 Å². The van der Waals surface area contributed by atoms with Gasteiger partial charge in [0.25, 0.3) is 0 Å². The van der Waals surface area contributed by atoms with Gasteiger partial charge in [-0.05, 0) is 61.7 Å². The Morgan fingerprint density at radius 2 is 1.86 bits per heavy atom. The van der Waals surface area contributed by atoms with Gasteiger partial charge in [0.2, 0.25) is 5.91 Å². The van der Waals surface area contributed by atoms with E-state index >= 15 is 0 Å². The Morgan fingerprint density at radius 3 is 2.57 bits per heavy atom. The van der Waals surface area contributed by atoms with Crippen LogP contribution >= 0.6 is 11.8 Å². The van der Waals surface area contributed by atoms with Gasteiger partial charge in [-0.3, -0.25) is 9.59 Å². The number of ether oxygens (including phenoxy) is 1. The van der Waals surface area contributed by atoms with E-state index in [2.05, 4.69) is 15.3 Å². The second-order valence-electron chi connectivity index (χ2n) is 9.28. The molecule has 0 radical (unpaired) electrons. The summed E-state index contributed by atoms with van der Waals surface area (Å²) < 4.78 is 6.85. The van der Waals surface area contributed by atoms with Gasteiger partial charge in [0, 0.05) is 58.8 Å². The minimum Gasteiger partial charge on any atom is -0.475 e. The fourth-order valence-corrected chi connectivity index (χ4v) is 5.73. The maximum absolute atomic E-state index is 12.7. The summed E-state index contributed by atoms with van der Waals surface area (Å²) in [4.78, 5) is 32.9. The molecule has 0 spiro atoms. The average molecular weight is 512 g/mol. The smallest absolute Gasteiger partial charge is 0.221 e. The number of H-pyrrole nitrogens is 1. The first kappa shape index (κ1) is 24.8. The summed E-state index contributed by atoms with van der Waals surface area (Å²) in [5.41, 5.74) is 3.80. The molecule has 0 unspecified atom stereocenters. The van der Waals surface area contributed by atoms with Crippen LogP contribution < -0.4 is 10.1 Å². The molecule has 0 saturated heterocycles. The molecule has 0 bridgehead atoms. The standard InChI is InChI=1S/C30H29N3O3S/c1-20(34)33-22-11-13-23(14-12-22)37-19-26-24-9-6-10-27(35)25(24)15-16-28(26)36-30(2,29-31-17-18-32-29)21-7-4-3-5-8-21/h3-5,7-8,11-18H,6,9-10,19H2,1-2H3,(H,31,32)(H,33,34)/t30-/m0/s1. The summed E-state index contributed by atoms with van der Waals surface area (Å²) in [5, 5.41) is 2.80. The quantitative estimate of drug-likeness (QED) is 0.263. The lowest BCUT2D eigenvalue weighted by atomic mass is 9.87. The van der Waals surface area contributed by atoms with E-state index in [9.17, 15) is 9.59 Å². The number of amides is 1. The van der Waals surface area contributed by atoms with Crippen molar-refractivity contribution < 1.29 is 14.3 Å². The highest BCUT2D eigenvalue weighted by atomic mass is 32.2. The van der Waals surface area contributed by atoms with E-state index in [1.165, 1.54) is 6.92 Å². The van der Waals surface area contributed by atoms with Gasteiger partial charge >= 0.3 is 0 Å². The van der Waals surface area contributed by atoms with Crippen LogP contribution in [-0.4, -0.2) is 21.7 Å². The van der Waals surface area contributed by atoms with Gasteiger partial charge in [0.1, 0.15) is 5.75 Å². The minimum absolute atomic E-state index is 0.0965. The van der Waals surface area contributed by atoms with Crippen LogP contribution in [0.4, 0.5) is 5.69 Å². The van der Waals surface area contributed by atoms with Crippen LogP contribution in [0.2, 0.25) is 0 Å². The number of fused-ring (bicyclic) bond motifs is 1. The lowest BCUT2D eigenvalue weighted by molar-refractivity contribution is -0.114. The fourth-order valence-electron chi connectivity index (χ4n) is 4.77. The molecule has 4 aromatic rings. The van der Waals surface area contributed by atoms with Gasteiger partial charge in [-0.1, -0.05) is 30.3 Å². The van der Waals surface area contributed by atoms with Crippen molar-refractivity contribution in [2.24, 2.45) is 0 Å². The van der Waals surface area contributed by atoms with Crippen LogP contribution in [-0.2, 0) is 22.6 Å². The van der Waals surface area contributed by atoms with Crippen molar-refractivity contribution in [1.29, 1.82) is 0 Å². The number of imidazole rings is 1. The molecule has 1 aliphatic carbocycles. The fraction of sp³-hybridized carbons (Fsp3) is 0.233. The monoisotopic (exact) mass is 511 g/mol. The van der Waals surface area contributed by atoms with Crippen LogP contribution in [0.15, 0.2) is 84.0 Å². The molecule has 3 aromatic carbocycles. The van der Waals surface area contributed by atoms with E-state index in [0.717, 1.165) is 51.4 Å². The number of hydrogen-bond acceptors (Lipinski definition) is 5. The molecule has 1 heterocycles. The summed E-state index contributed by atoms with van der Waals surface area (Å²) in [6, 6.07) is 21.7. The molecule has 5 rings (SSSR count). The predicted molar refractivity (Wildman–Crippen MR) is 146 cm³/mol. The van der Waals surface area contributed by atoms with E-state index in [1.807, 2.05) is 73.7 Å². The van der Waals surface area contributed by atoms with Crippen LogP contribution in [0.25, 0.3) is 0 Å². The number of carbonyl (C=O) groups excluding carboxylic acids is 2. The number of hydrogen-bond donors (Lipinski definition) is 2. The Hall–Kier alpha value is -3.84. The molecule has 0 fully saturated rings. The van der Waals surface area contributed by atoms with Crippen LogP contribution in [0, 0.1) is 0 Å². The maximum Gasteiger partial charge on any atom is 0.221 e. The molecule has 6 nitrogen and oxygen atoms in total. The number of aromatic nitrogens is 2. The van der Waals surface area contributed by atoms with Crippen molar-refractivity contribution in [3.8, 4) is 5.75 Å². The molecular formula is C30H29N3O3S. The summed E-state index contributed by atoms with van der Waals surface area (Å²) in [7, 11) is 0. The lowest BCUT2D eigenvalue weighted by Gasteiger charge is -2.32. The summed E-state index contributed by atoms with van der Waals surface area (Å²) in [6.45, 7) is 3.51. The molecule has 1 atom stereocenters. The number of thioether (sulfide) groups is 1. The van der Waals surface area contributed by atoms with Gasteiger partial charge in [0.05, 0.1) is 0 Å². The van der Waals surface area contributed by atoms with Crippen molar-refractivity contribution in [2.45, 2.75) is 49.4 Å². The Balaban J connectivity index is 1.51. The Kier molecular flexibility index (Phi) is 7.15. The zero-order valence-electron chi connectivity index (χ0n) is 20.9. The summed E-state index contributed by atoms with van der Waals surface area (Å²) in [6.07, 6.45) is 5.79. The average Bonchev–Trinajstić information content (AvgIpc) is 3.45. The normalized spacial score (nSPS) is 14.5. The van der Waals surface area contributed by atoms with E-state index in [0.29, 0.717) is 18.0 Å². The molecule has 7 heteroatoms. The predicted octanol–water partition coefficient (Wildman–Crippen LogP) is 6.52. The molecule has 1 amide bonds. The van der Waals surface area contributed by atoms with Gasteiger partial charge < -0.3 is 15.0 Å². The van der Waals surface area contributed by atoms with Gasteiger partial charge in [-0.25, -0.2) is 4.98 Å². The van der Waals surface area contributed by atoms with E-state index in [4.69, 9.17) is 4.74 Å². The number of nitrogens with one attached hydrogen (secondary N) is 2. The molecule has 188 valence electrons. The third-order valence-electron chi connectivity index (χ3n) is 6.67. The van der Waals surface area contributed by atoms with E-state index in [1.54, 1.807) is 24.2 Å². The van der Waals surface area contributed by atoms with E-state index < -0.39 is 5.60 Å². The highest BCUT2D eigenvalue weighted by Gasteiger charge is 2.35. The maximum atomic E-state index is 12.7. The van der Waals surface area contributed by atoms with Crippen molar-refractivity contribution in [2.75, 3.05) is 5.32 Å². The third kappa shape index (κ3) is 5.32. The third-order valence-corrected chi connectivity index (χ3v) is 7.70. The number of ketones is 1. The molecule has 0 saturated carbocycles. The first-order chi connectivity index (χ1) is 17.9. The molecule has 1 aromatic heterocycles. The minimum atomic E-state index is -0.850. The summed E-state index contributed by atoms with van der Waals surface area (Å²) >= 11 is 1.68. The Morgan fingerprint density at radius 1 is 1.08 bits per heavy atom. The topological polar surface area (TPSA) is 84.1 Å². The summed E-state index contributed by atoms with van der Waals surface area (Å²) in [5.74, 6) is 2.20. The largest absolute Gasteiger partial charge is 0.475 e. The molecule has 37 heavy (non-hydrogen) atoms. The Labute approximate surface area is 220 Å². The Bertz CT molecular complexity index is 1400. The zero-order valence-corrected chi connectivity index (χ0v) is 21.7. The van der Waals surface area contributed by atoms with Gasteiger partial charge in [0.15, 0.2) is 17.2 Å².